The first-order chi connectivity index (χ1) is 18.4. The minimum absolute atomic E-state index is 0.669. The molecule has 0 heterocycles. The van der Waals surface area contributed by atoms with E-state index in [1.807, 2.05) is 0 Å². The van der Waals surface area contributed by atoms with Crippen LogP contribution in [0.15, 0.2) is 151 Å². The molecule has 0 radical (unpaired) electrons. The molecule has 0 spiro atoms. The molecule has 1 heteroatoms. The second-order valence-corrected chi connectivity index (χ2v) is 9.11. The van der Waals surface area contributed by atoms with E-state index in [1.54, 1.807) is 0 Å². The monoisotopic (exact) mass is 477 g/mol. The van der Waals surface area contributed by atoms with Gasteiger partial charge in [0.05, 0.1) is 6.54 Å². The molecule has 0 saturated heterocycles. The summed E-state index contributed by atoms with van der Waals surface area (Å²) in [6.07, 6.45) is 4.12. The fourth-order valence-corrected chi connectivity index (χ4v) is 4.60. The first-order valence-electron chi connectivity index (χ1n) is 12.9. The molecular weight excluding hydrogens is 446 g/mol. The Morgan fingerprint density at radius 2 is 1.03 bits per heavy atom. The van der Waals surface area contributed by atoms with E-state index in [2.05, 4.69) is 152 Å². The van der Waals surface area contributed by atoms with Crippen molar-refractivity contribution in [1.29, 1.82) is 0 Å². The Morgan fingerprint density at radius 3 is 1.68 bits per heavy atom. The Balaban J connectivity index is 1.59. The highest BCUT2D eigenvalue weighted by molar-refractivity contribution is 6.07. The Morgan fingerprint density at radius 1 is 0.514 bits per heavy atom. The number of hydrogen-bond donors (Lipinski definition) is 0. The number of aryl methyl sites for hydroxylation is 1. The highest BCUT2D eigenvalue weighted by atomic mass is 14.7. The van der Waals surface area contributed by atoms with Gasteiger partial charge in [-0.2, -0.15) is 0 Å². The third-order valence-corrected chi connectivity index (χ3v) is 6.51. The van der Waals surface area contributed by atoms with E-state index in [9.17, 15) is 0 Å². The molecule has 5 aromatic rings. The van der Waals surface area contributed by atoms with Crippen LogP contribution < -0.4 is 0 Å². The summed E-state index contributed by atoms with van der Waals surface area (Å²) in [5, 5.41) is 0. The summed E-state index contributed by atoms with van der Waals surface area (Å²) < 4.78 is 0. The molecule has 0 aliphatic heterocycles. The van der Waals surface area contributed by atoms with Crippen LogP contribution in [-0.4, -0.2) is 5.71 Å². The van der Waals surface area contributed by atoms with Gasteiger partial charge in [0, 0.05) is 11.3 Å². The predicted octanol–water partition coefficient (Wildman–Crippen LogP) is 8.90. The molecule has 0 aliphatic rings. The second kappa shape index (κ2) is 12.5. The largest absolute Gasteiger partial charge is 0.284 e. The maximum Gasteiger partial charge on any atom is 0.0643 e. The number of hydrogen-bond acceptors (Lipinski definition) is 1. The van der Waals surface area contributed by atoms with Gasteiger partial charge in [0.1, 0.15) is 0 Å². The quantitative estimate of drug-likeness (QED) is 0.148. The first-order valence-corrected chi connectivity index (χ1v) is 12.9. The molecule has 0 unspecified atom stereocenters. The third-order valence-electron chi connectivity index (χ3n) is 6.51. The topological polar surface area (TPSA) is 12.4 Å². The lowest BCUT2D eigenvalue weighted by atomic mass is 9.89. The Hall–Kier alpha value is -4.49. The van der Waals surface area contributed by atoms with Gasteiger partial charge in [-0.3, -0.25) is 4.99 Å². The molecule has 0 bridgehead atoms. The Labute approximate surface area is 220 Å². The van der Waals surface area contributed by atoms with Crippen LogP contribution in [0.2, 0.25) is 0 Å². The summed E-state index contributed by atoms with van der Waals surface area (Å²) in [4.78, 5) is 5.21. The highest BCUT2D eigenvalue weighted by Crippen LogP contribution is 2.30. The molecule has 0 fully saturated rings. The predicted molar refractivity (Wildman–Crippen MR) is 158 cm³/mol. The number of rotatable bonds is 9. The zero-order valence-electron chi connectivity index (χ0n) is 21.0. The summed E-state index contributed by atoms with van der Waals surface area (Å²) in [5.41, 5.74) is 9.67. The Bertz CT molecular complexity index is 1450. The van der Waals surface area contributed by atoms with Crippen molar-refractivity contribution in [2.75, 3.05) is 0 Å². The Kier molecular flexibility index (Phi) is 8.16. The average Bonchev–Trinajstić information content (AvgIpc) is 2.98. The van der Waals surface area contributed by atoms with Gasteiger partial charge >= 0.3 is 0 Å². The van der Waals surface area contributed by atoms with Gasteiger partial charge in [-0.25, -0.2) is 0 Å². The minimum atomic E-state index is 0.669. The van der Waals surface area contributed by atoms with Gasteiger partial charge < -0.3 is 0 Å². The molecule has 5 rings (SSSR count). The van der Waals surface area contributed by atoms with E-state index >= 15 is 0 Å². The molecule has 5 aromatic carbocycles. The van der Waals surface area contributed by atoms with Crippen molar-refractivity contribution in [2.45, 2.75) is 19.4 Å². The van der Waals surface area contributed by atoms with Gasteiger partial charge in [0.15, 0.2) is 0 Å². The van der Waals surface area contributed by atoms with Crippen molar-refractivity contribution in [3.05, 3.63) is 179 Å². The van der Waals surface area contributed by atoms with E-state index in [-0.39, 0.29) is 0 Å². The third kappa shape index (κ3) is 6.59. The summed E-state index contributed by atoms with van der Waals surface area (Å²) in [7, 11) is 0. The zero-order chi connectivity index (χ0) is 25.1. The molecule has 0 saturated carbocycles. The van der Waals surface area contributed by atoms with Gasteiger partial charge in [-0.15, -0.1) is 0 Å². The molecule has 0 aliphatic carbocycles. The number of benzene rings is 5. The number of nitrogens with zero attached hydrogens (tertiary/aromatic N) is 1. The summed E-state index contributed by atoms with van der Waals surface area (Å²) in [6, 6.07) is 51.2. The fourth-order valence-electron chi connectivity index (χ4n) is 4.60. The maximum absolute atomic E-state index is 5.21. The molecule has 0 atom stereocenters. The minimum Gasteiger partial charge on any atom is -0.284 e. The number of aliphatic imine (C=N–C) groups is 1. The lowest BCUT2D eigenvalue weighted by molar-refractivity contribution is 0.993. The van der Waals surface area contributed by atoms with E-state index < -0.39 is 0 Å². The summed E-state index contributed by atoms with van der Waals surface area (Å²) >= 11 is 0. The normalized spacial score (nSPS) is 11.9. The molecule has 0 amide bonds. The van der Waals surface area contributed by atoms with Crippen LogP contribution in [0, 0.1) is 0 Å². The maximum atomic E-state index is 5.21. The lowest BCUT2D eigenvalue weighted by Crippen LogP contribution is -2.08. The molecule has 0 N–H and O–H groups in total. The fraction of sp³-hybridized carbons (Fsp3) is 0.0833. The van der Waals surface area contributed by atoms with Crippen LogP contribution in [0.1, 0.15) is 39.8 Å². The SMILES string of the molecule is C(=C(/c1ccccc1)c1ccccc1C(CCc1ccccc1)=NCc1ccccc1)/c1ccccc1. The van der Waals surface area contributed by atoms with E-state index in [1.165, 1.54) is 39.0 Å². The van der Waals surface area contributed by atoms with Crippen LogP contribution in [0.25, 0.3) is 11.6 Å². The zero-order valence-corrected chi connectivity index (χ0v) is 21.0. The van der Waals surface area contributed by atoms with E-state index in [4.69, 9.17) is 4.99 Å². The summed E-state index contributed by atoms with van der Waals surface area (Å²) in [6.45, 7) is 0.669. The van der Waals surface area contributed by atoms with E-state index in [0.29, 0.717) is 6.54 Å². The lowest BCUT2D eigenvalue weighted by Gasteiger charge is -2.17. The van der Waals surface area contributed by atoms with Gasteiger partial charge in [0.2, 0.25) is 0 Å². The van der Waals surface area contributed by atoms with Crippen molar-refractivity contribution in [3.8, 4) is 0 Å². The van der Waals surface area contributed by atoms with Crippen LogP contribution in [0.5, 0.6) is 0 Å². The standard InChI is InChI=1S/C36H31N/c1-5-15-29(16-6-1)25-26-36(37-28-31-19-9-3-10-20-31)34-24-14-13-23-33(34)35(32-21-11-4-12-22-32)27-30-17-7-2-8-18-30/h1-24,27H,25-26,28H2/b35-27+,37-36?. The van der Waals surface area contributed by atoms with Crippen LogP contribution in [0.4, 0.5) is 0 Å². The van der Waals surface area contributed by atoms with E-state index in [0.717, 1.165) is 18.6 Å². The highest BCUT2D eigenvalue weighted by Gasteiger charge is 2.15. The van der Waals surface area contributed by atoms with Crippen LogP contribution in [0.3, 0.4) is 0 Å². The molecule has 180 valence electrons. The van der Waals surface area contributed by atoms with Gasteiger partial charge in [-0.05, 0) is 52.3 Å². The van der Waals surface area contributed by atoms with Gasteiger partial charge in [0.25, 0.3) is 0 Å². The van der Waals surface area contributed by atoms with Crippen LogP contribution >= 0.6 is 0 Å². The van der Waals surface area contributed by atoms with Crippen molar-refractivity contribution in [2.24, 2.45) is 4.99 Å². The van der Waals surface area contributed by atoms with Crippen molar-refractivity contribution < 1.29 is 0 Å². The van der Waals surface area contributed by atoms with Crippen molar-refractivity contribution in [3.63, 3.8) is 0 Å². The van der Waals surface area contributed by atoms with Gasteiger partial charge in [-0.1, -0.05) is 146 Å². The first kappa shape index (κ1) is 24.2. The van der Waals surface area contributed by atoms with Crippen LogP contribution in [-0.2, 0) is 13.0 Å². The van der Waals surface area contributed by atoms with Crippen molar-refractivity contribution >= 4 is 17.4 Å². The van der Waals surface area contributed by atoms with Crippen molar-refractivity contribution in [1.82, 2.24) is 0 Å². The molecule has 37 heavy (non-hydrogen) atoms. The average molecular weight is 478 g/mol. The summed E-state index contributed by atoms with van der Waals surface area (Å²) in [5.74, 6) is 0. The molecular formula is C36H31N. The smallest absolute Gasteiger partial charge is 0.0643 e. The molecule has 0 aromatic heterocycles. The molecule has 1 nitrogen and oxygen atoms in total. The second-order valence-electron chi connectivity index (χ2n) is 9.11.